The molecular formula is C24H32FN3O2. The number of likely N-dealkylation sites (N-methyl/N-ethyl adjacent to an activating group) is 1. The summed E-state index contributed by atoms with van der Waals surface area (Å²) in [5.41, 5.74) is 1.70. The number of ether oxygens (including phenoxy) is 1. The van der Waals surface area contributed by atoms with Crippen LogP contribution in [0, 0.1) is 11.7 Å². The van der Waals surface area contributed by atoms with Crippen LogP contribution >= 0.6 is 0 Å². The largest absolute Gasteiger partial charge is 0.497 e. The molecule has 1 aromatic heterocycles. The second-order valence-electron chi connectivity index (χ2n) is 8.13. The first-order chi connectivity index (χ1) is 14.5. The number of aromatic nitrogens is 1. The van der Waals surface area contributed by atoms with Gasteiger partial charge in [0, 0.05) is 63.0 Å². The van der Waals surface area contributed by atoms with E-state index < -0.39 is 0 Å². The molecule has 0 unspecified atom stereocenters. The molecule has 2 heterocycles. The van der Waals surface area contributed by atoms with Gasteiger partial charge >= 0.3 is 0 Å². The maximum absolute atomic E-state index is 14.3. The third-order valence-electron chi connectivity index (χ3n) is 5.88. The van der Waals surface area contributed by atoms with E-state index in [1.807, 2.05) is 30.1 Å². The van der Waals surface area contributed by atoms with Crippen LogP contribution in [0.15, 0.2) is 42.6 Å². The lowest BCUT2D eigenvalue weighted by Gasteiger charge is -2.33. The number of methoxy groups -OCH3 is 1. The minimum atomic E-state index is -0.221. The van der Waals surface area contributed by atoms with E-state index in [-0.39, 0.29) is 11.7 Å². The maximum atomic E-state index is 14.3. The number of piperidine rings is 1. The zero-order valence-electron chi connectivity index (χ0n) is 18.0. The fourth-order valence-corrected chi connectivity index (χ4v) is 4.03. The highest BCUT2D eigenvalue weighted by molar-refractivity contribution is 5.75. The Labute approximate surface area is 178 Å². The number of hydrogen-bond acceptors (Lipinski definition) is 4. The van der Waals surface area contributed by atoms with Crippen molar-refractivity contribution in [1.82, 2.24) is 14.8 Å². The molecule has 1 atom stereocenters. The van der Waals surface area contributed by atoms with E-state index in [0.717, 1.165) is 44.5 Å². The molecule has 0 radical (unpaired) electrons. The highest BCUT2D eigenvalue weighted by atomic mass is 19.1. The fourth-order valence-electron chi connectivity index (χ4n) is 4.03. The van der Waals surface area contributed by atoms with E-state index in [2.05, 4.69) is 9.88 Å². The second-order valence-corrected chi connectivity index (χ2v) is 8.13. The summed E-state index contributed by atoms with van der Waals surface area (Å²) in [6, 6.07) is 10.9. The van der Waals surface area contributed by atoms with Crippen LogP contribution in [-0.2, 0) is 17.8 Å². The van der Waals surface area contributed by atoms with E-state index in [0.29, 0.717) is 36.7 Å². The van der Waals surface area contributed by atoms with Crippen LogP contribution < -0.4 is 4.74 Å². The van der Waals surface area contributed by atoms with Gasteiger partial charge in [-0.15, -0.1) is 0 Å². The summed E-state index contributed by atoms with van der Waals surface area (Å²) in [4.78, 5) is 20.9. The lowest BCUT2D eigenvalue weighted by atomic mass is 9.93. The van der Waals surface area contributed by atoms with Gasteiger partial charge in [0.15, 0.2) is 0 Å². The number of likely N-dealkylation sites (tertiary alicyclic amines) is 1. The van der Waals surface area contributed by atoms with Crippen molar-refractivity contribution in [3.63, 3.8) is 0 Å². The summed E-state index contributed by atoms with van der Waals surface area (Å²) in [6.07, 6.45) is 6.22. The van der Waals surface area contributed by atoms with Gasteiger partial charge in [0.2, 0.25) is 5.91 Å². The van der Waals surface area contributed by atoms with Crippen molar-refractivity contribution in [2.75, 3.05) is 33.8 Å². The van der Waals surface area contributed by atoms with Crippen LogP contribution in [0.3, 0.4) is 0 Å². The summed E-state index contributed by atoms with van der Waals surface area (Å²) in [7, 11) is 3.41. The van der Waals surface area contributed by atoms with E-state index in [1.54, 1.807) is 25.4 Å². The predicted octanol–water partition coefficient (Wildman–Crippen LogP) is 3.92. The maximum Gasteiger partial charge on any atom is 0.222 e. The van der Waals surface area contributed by atoms with Crippen LogP contribution in [0.5, 0.6) is 5.75 Å². The van der Waals surface area contributed by atoms with Crippen molar-refractivity contribution in [2.45, 2.75) is 38.6 Å². The number of nitrogens with zero attached hydrogens (tertiary/aromatic N) is 3. The van der Waals surface area contributed by atoms with E-state index in [9.17, 15) is 9.18 Å². The van der Waals surface area contributed by atoms with Crippen molar-refractivity contribution < 1.29 is 13.9 Å². The first-order valence-electron chi connectivity index (χ1n) is 10.7. The zero-order valence-corrected chi connectivity index (χ0v) is 18.0. The van der Waals surface area contributed by atoms with Crippen molar-refractivity contribution in [1.29, 1.82) is 0 Å². The molecule has 162 valence electrons. The monoisotopic (exact) mass is 413 g/mol. The highest BCUT2D eigenvalue weighted by Crippen LogP contribution is 2.24. The summed E-state index contributed by atoms with van der Waals surface area (Å²) >= 11 is 0. The number of rotatable bonds is 9. The van der Waals surface area contributed by atoms with Gasteiger partial charge in [-0.25, -0.2) is 4.39 Å². The lowest BCUT2D eigenvalue weighted by molar-refractivity contribution is -0.130. The summed E-state index contributed by atoms with van der Waals surface area (Å²) in [6.45, 7) is 3.17. The van der Waals surface area contributed by atoms with Gasteiger partial charge in [0.25, 0.3) is 0 Å². The molecule has 1 aliphatic heterocycles. The van der Waals surface area contributed by atoms with Crippen LogP contribution in [0.1, 0.15) is 36.9 Å². The van der Waals surface area contributed by atoms with Crippen LogP contribution in [-0.4, -0.2) is 54.5 Å². The minimum Gasteiger partial charge on any atom is -0.497 e. The van der Waals surface area contributed by atoms with Gasteiger partial charge in [0.05, 0.1) is 7.11 Å². The quantitative estimate of drug-likeness (QED) is 0.625. The van der Waals surface area contributed by atoms with Crippen molar-refractivity contribution in [2.24, 2.45) is 5.92 Å². The molecule has 5 nitrogen and oxygen atoms in total. The van der Waals surface area contributed by atoms with Crippen molar-refractivity contribution in [3.05, 3.63) is 59.7 Å². The first kappa shape index (κ1) is 22.2. The Bertz CT molecular complexity index is 815. The molecule has 1 aliphatic rings. The summed E-state index contributed by atoms with van der Waals surface area (Å²) in [5, 5.41) is 0. The third kappa shape index (κ3) is 6.52. The summed E-state index contributed by atoms with van der Waals surface area (Å²) in [5.74, 6) is 0.983. The molecule has 0 spiro atoms. The molecule has 1 fully saturated rings. The number of benzene rings is 1. The number of carbonyl (C=O) groups excluding carboxylic acids is 1. The molecule has 1 aromatic carbocycles. The highest BCUT2D eigenvalue weighted by Gasteiger charge is 2.22. The second kappa shape index (κ2) is 11.1. The fraction of sp³-hybridized carbons (Fsp3) is 0.500. The standard InChI is InChI=1S/C24H32FN3O2/c1-27(15-12-21-7-3-4-13-26-21)24(29)11-8-19-6-5-14-28(17-19)18-20-9-10-22(30-2)16-23(20)25/h3-4,7,9-10,13,16,19H,5-6,8,11-12,14-15,17-18H2,1-2H3/t19-/m0/s1. The van der Waals surface area contributed by atoms with Crippen LogP contribution in [0.4, 0.5) is 4.39 Å². The Hall–Kier alpha value is -2.47. The molecule has 6 heteroatoms. The third-order valence-corrected chi connectivity index (χ3v) is 5.88. The Balaban J connectivity index is 1.42. The Kier molecular flexibility index (Phi) is 8.20. The van der Waals surface area contributed by atoms with Crippen LogP contribution in [0.2, 0.25) is 0 Å². The molecule has 1 saturated heterocycles. The molecular weight excluding hydrogens is 381 g/mol. The minimum absolute atomic E-state index is 0.184. The average Bonchev–Trinajstić information content (AvgIpc) is 2.78. The van der Waals surface area contributed by atoms with E-state index >= 15 is 0 Å². The molecule has 0 bridgehead atoms. The Morgan fingerprint density at radius 3 is 2.93 bits per heavy atom. The van der Waals surface area contributed by atoms with Gasteiger partial charge in [-0.3, -0.25) is 14.7 Å². The van der Waals surface area contributed by atoms with E-state index in [1.165, 1.54) is 6.07 Å². The van der Waals surface area contributed by atoms with Gasteiger partial charge in [-0.2, -0.15) is 0 Å². The number of carbonyl (C=O) groups is 1. The molecule has 0 N–H and O–H groups in total. The first-order valence-corrected chi connectivity index (χ1v) is 10.7. The summed E-state index contributed by atoms with van der Waals surface area (Å²) < 4.78 is 19.3. The molecule has 30 heavy (non-hydrogen) atoms. The number of hydrogen-bond donors (Lipinski definition) is 0. The molecule has 2 aromatic rings. The number of halogens is 1. The van der Waals surface area contributed by atoms with Gasteiger partial charge in [0.1, 0.15) is 11.6 Å². The zero-order chi connectivity index (χ0) is 21.3. The lowest BCUT2D eigenvalue weighted by Crippen LogP contribution is -2.36. The molecule has 3 rings (SSSR count). The Morgan fingerprint density at radius 2 is 2.20 bits per heavy atom. The van der Waals surface area contributed by atoms with Gasteiger partial charge in [-0.1, -0.05) is 12.1 Å². The van der Waals surface area contributed by atoms with Crippen molar-refractivity contribution in [3.8, 4) is 5.75 Å². The topological polar surface area (TPSA) is 45.7 Å². The number of amides is 1. The smallest absolute Gasteiger partial charge is 0.222 e. The normalized spacial score (nSPS) is 17.0. The molecule has 0 aliphatic carbocycles. The average molecular weight is 414 g/mol. The predicted molar refractivity (Wildman–Crippen MR) is 116 cm³/mol. The molecule has 1 amide bonds. The number of pyridine rings is 1. The molecule has 0 saturated carbocycles. The van der Waals surface area contributed by atoms with Gasteiger partial charge in [-0.05, 0) is 49.9 Å². The van der Waals surface area contributed by atoms with Gasteiger partial charge < -0.3 is 9.64 Å². The van der Waals surface area contributed by atoms with E-state index in [4.69, 9.17) is 4.74 Å². The van der Waals surface area contributed by atoms with Crippen LogP contribution in [0.25, 0.3) is 0 Å². The Morgan fingerprint density at radius 1 is 1.33 bits per heavy atom. The SMILES string of the molecule is COc1ccc(CN2CCC[C@@H](CCC(=O)N(C)CCc3ccccn3)C2)c(F)c1. The van der Waals surface area contributed by atoms with Crippen molar-refractivity contribution >= 4 is 5.91 Å².